The molecule has 0 atom stereocenters. The third-order valence-corrected chi connectivity index (χ3v) is 3.98. The van der Waals surface area contributed by atoms with Gasteiger partial charge in [0.1, 0.15) is 5.82 Å². The molecular formula is C15H26N2O. The molecule has 1 aromatic heterocycles. The fourth-order valence-electron chi connectivity index (χ4n) is 4.25. The lowest BCUT2D eigenvalue weighted by atomic mass is 9.59. The molecule has 102 valence electrons. The van der Waals surface area contributed by atoms with Crippen LogP contribution in [-0.4, -0.2) is 20.3 Å². The Hall–Kier alpha value is -0.830. The maximum absolute atomic E-state index is 11.0. The molecule has 1 aliphatic rings. The molecule has 1 N–H and O–H groups in total. The van der Waals surface area contributed by atoms with Crippen LogP contribution in [0.1, 0.15) is 52.8 Å². The zero-order chi connectivity index (χ0) is 13.6. The van der Waals surface area contributed by atoms with Crippen molar-refractivity contribution >= 4 is 0 Å². The molecule has 0 bridgehead atoms. The first kappa shape index (κ1) is 13.6. The van der Waals surface area contributed by atoms with Gasteiger partial charge in [0.05, 0.1) is 5.60 Å². The molecule has 2 rings (SSSR count). The number of imidazole rings is 1. The van der Waals surface area contributed by atoms with Crippen LogP contribution in [-0.2, 0) is 13.5 Å². The quantitative estimate of drug-likeness (QED) is 0.876. The first-order chi connectivity index (χ1) is 8.11. The third kappa shape index (κ3) is 2.94. The Morgan fingerprint density at radius 1 is 1.17 bits per heavy atom. The number of aliphatic hydroxyl groups is 1. The monoisotopic (exact) mass is 250 g/mol. The van der Waals surface area contributed by atoms with E-state index >= 15 is 0 Å². The van der Waals surface area contributed by atoms with E-state index in [2.05, 4.69) is 32.7 Å². The standard InChI is InChI=1S/C15H26N2O/c1-13(2)9-14(3,4)11-15(18,10-13)8-12-16-6-7-17(12)5/h6-7,18H,8-11H2,1-5H3. The van der Waals surface area contributed by atoms with Crippen LogP contribution in [0.25, 0.3) is 0 Å². The Morgan fingerprint density at radius 3 is 2.17 bits per heavy atom. The summed E-state index contributed by atoms with van der Waals surface area (Å²) in [5.41, 5.74) is -0.228. The molecule has 0 aliphatic heterocycles. The molecule has 1 heterocycles. The Balaban J connectivity index is 2.22. The summed E-state index contributed by atoms with van der Waals surface area (Å²) in [6, 6.07) is 0. The normalized spacial score (nSPS) is 25.0. The SMILES string of the molecule is Cn1ccnc1CC1(O)CC(C)(C)CC(C)(C)C1. The predicted molar refractivity (Wildman–Crippen MR) is 73.3 cm³/mol. The van der Waals surface area contributed by atoms with Gasteiger partial charge < -0.3 is 9.67 Å². The van der Waals surface area contributed by atoms with Crippen molar-refractivity contribution in [2.45, 2.75) is 59.0 Å². The van der Waals surface area contributed by atoms with E-state index in [1.807, 2.05) is 17.8 Å². The second kappa shape index (κ2) is 4.09. The highest BCUT2D eigenvalue weighted by Gasteiger charge is 2.46. The Morgan fingerprint density at radius 2 is 1.72 bits per heavy atom. The lowest BCUT2D eigenvalue weighted by molar-refractivity contribution is -0.0864. The van der Waals surface area contributed by atoms with Crippen LogP contribution in [0.5, 0.6) is 0 Å². The van der Waals surface area contributed by atoms with Gasteiger partial charge in [0.2, 0.25) is 0 Å². The van der Waals surface area contributed by atoms with Gasteiger partial charge in [-0.3, -0.25) is 0 Å². The maximum Gasteiger partial charge on any atom is 0.111 e. The molecule has 0 aromatic carbocycles. The molecule has 1 fully saturated rings. The topological polar surface area (TPSA) is 38.0 Å². The molecule has 3 nitrogen and oxygen atoms in total. The van der Waals surface area contributed by atoms with E-state index in [0.717, 1.165) is 18.7 Å². The van der Waals surface area contributed by atoms with Crippen LogP contribution >= 0.6 is 0 Å². The van der Waals surface area contributed by atoms with Crippen LogP contribution in [0.4, 0.5) is 0 Å². The van der Waals surface area contributed by atoms with Crippen molar-refractivity contribution in [3.05, 3.63) is 18.2 Å². The molecular weight excluding hydrogens is 224 g/mol. The molecule has 0 amide bonds. The summed E-state index contributed by atoms with van der Waals surface area (Å²) >= 11 is 0. The summed E-state index contributed by atoms with van der Waals surface area (Å²) in [6.07, 6.45) is 7.29. The zero-order valence-electron chi connectivity index (χ0n) is 12.3. The number of aromatic nitrogens is 2. The van der Waals surface area contributed by atoms with Crippen molar-refractivity contribution < 1.29 is 5.11 Å². The number of aryl methyl sites for hydroxylation is 1. The smallest absolute Gasteiger partial charge is 0.111 e. The first-order valence-corrected chi connectivity index (χ1v) is 6.80. The highest BCUT2D eigenvalue weighted by Crippen LogP contribution is 2.50. The van der Waals surface area contributed by atoms with E-state index in [9.17, 15) is 5.11 Å². The van der Waals surface area contributed by atoms with Crippen LogP contribution in [0.2, 0.25) is 0 Å². The van der Waals surface area contributed by atoms with E-state index in [4.69, 9.17) is 0 Å². The van der Waals surface area contributed by atoms with Crippen molar-refractivity contribution in [2.75, 3.05) is 0 Å². The zero-order valence-corrected chi connectivity index (χ0v) is 12.3. The van der Waals surface area contributed by atoms with Crippen molar-refractivity contribution in [1.82, 2.24) is 9.55 Å². The average Bonchev–Trinajstić information content (AvgIpc) is 2.43. The van der Waals surface area contributed by atoms with Crippen molar-refractivity contribution in [3.63, 3.8) is 0 Å². The number of hydrogen-bond donors (Lipinski definition) is 1. The van der Waals surface area contributed by atoms with Crippen LogP contribution in [0, 0.1) is 10.8 Å². The average molecular weight is 250 g/mol. The van der Waals surface area contributed by atoms with Gasteiger partial charge in [-0.15, -0.1) is 0 Å². The minimum absolute atomic E-state index is 0.196. The van der Waals surface area contributed by atoms with Crippen molar-refractivity contribution in [3.8, 4) is 0 Å². The lowest BCUT2D eigenvalue weighted by Crippen LogP contribution is -2.47. The maximum atomic E-state index is 11.0. The summed E-state index contributed by atoms with van der Waals surface area (Å²) in [6.45, 7) is 9.04. The second-order valence-electron chi connectivity index (χ2n) is 7.71. The summed E-state index contributed by atoms with van der Waals surface area (Å²) in [7, 11) is 1.99. The minimum atomic E-state index is -0.621. The molecule has 0 unspecified atom stereocenters. The molecule has 1 saturated carbocycles. The molecule has 0 saturated heterocycles. The van der Waals surface area contributed by atoms with Crippen LogP contribution < -0.4 is 0 Å². The van der Waals surface area contributed by atoms with E-state index in [1.165, 1.54) is 6.42 Å². The predicted octanol–water partition coefficient (Wildman–Crippen LogP) is 2.93. The van der Waals surface area contributed by atoms with Gasteiger partial charge in [-0.25, -0.2) is 4.98 Å². The van der Waals surface area contributed by atoms with Crippen molar-refractivity contribution in [1.29, 1.82) is 0 Å². The minimum Gasteiger partial charge on any atom is -0.389 e. The Bertz CT molecular complexity index is 415. The highest BCUT2D eigenvalue weighted by atomic mass is 16.3. The Kier molecular flexibility index (Phi) is 3.09. The van der Waals surface area contributed by atoms with Gasteiger partial charge >= 0.3 is 0 Å². The fourth-order valence-corrected chi connectivity index (χ4v) is 4.25. The molecule has 1 aromatic rings. The largest absolute Gasteiger partial charge is 0.389 e. The van der Waals surface area contributed by atoms with Crippen LogP contribution in [0.15, 0.2) is 12.4 Å². The number of hydrogen-bond acceptors (Lipinski definition) is 2. The molecule has 0 radical (unpaired) electrons. The van der Waals surface area contributed by atoms with Crippen molar-refractivity contribution in [2.24, 2.45) is 17.9 Å². The summed E-state index contributed by atoms with van der Waals surface area (Å²) < 4.78 is 2.01. The summed E-state index contributed by atoms with van der Waals surface area (Å²) in [5, 5.41) is 11.0. The lowest BCUT2D eigenvalue weighted by Gasteiger charge is -2.49. The van der Waals surface area contributed by atoms with E-state index in [-0.39, 0.29) is 10.8 Å². The number of nitrogens with zero attached hydrogens (tertiary/aromatic N) is 2. The van der Waals surface area contributed by atoms with E-state index in [0.29, 0.717) is 6.42 Å². The fraction of sp³-hybridized carbons (Fsp3) is 0.800. The van der Waals surface area contributed by atoms with Gasteiger partial charge in [0.25, 0.3) is 0 Å². The van der Waals surface area contributed by atoms with Gasteiger partial charge in [0.15, 0.2) is 0 Å². The van der Waals surface area contributed by atoms with Gasteiger partial charge in [-0.05, 0) is 30.1 Å². The first-order valence-electron chi connectivity index (χ1n) is 6.80. The summed E-state index contributed by atoms with van der Waals surface area (Å²) in [4.78, 5) is 4.35. The third-order valence-electron chi connectivity index (χ3n) is 3.98. The van der Waals surface area contributed by atoms with E-state index in [1.54, 1.807) is 6.20 Å². The van der Waals surface area contributed by atoms with Gasteiger partial charge in [-0.2, -0.15) is 0 Å². The van der Waals surface area contributed by atoms with Gasteiger partial charge in [-0.1, -0.05) is 27.7 Å². The number of rotatable bonds is 2. The van der Waals surface area contributed by atoms with E-state index < -0.39 is 5.60 Å². The molecule has 1 aliphatic carbocycles. The molecule has 0 spiro atoms. The Labute approximate surface area is 110 Å². The van der Waals surface area contributed by atoms with Gasteiger partial charge in [0, 0.05) is 25.9 Å². The van der Waals surface area contributed by atoms with Crippen LogP contribution in [0.3, 0.4) is 0 Å². The molecule has 3 heteroatoms. The molecule has 18 heavy (non-hydrogen) atoms. The second-order valence-corrected chi connectivity index (χ2v) is 7.71. The highest BCUT2D eigenvalue weighted by molar-refractivity contribution is 5.04. The summed E-state index contributed by atoms with van der Waals surface area (Å²) in [5.74, 6) is 0.978.